The average molecular weight is 593 g/mol. The lowest BCUT2D eigenvalue weighted by Crippen LogP contribution is -2.14. The Hall–Kier alpha value is -3.87. The summed E-state index contributed by atoms with van der Waals surface area (Å²) in [6.07, 6.45) is 5.09. The molecule has 1 saturated heterocycles. The number of hydrogen-bond acceptors (Lipinski definition) is 11. The standard InChI is InChI=1S/C28H29ClN8O3S/c1-38-21-11-19-20(12-22(21)39-2)35-26(16-3-5-17(29)6-4-16)36-27(19)31-9-10-41-13-18-7-8-23(40-18)37-15-34-24-25(30)32-14-33-28(24)37/h3-6,11-12,14-15,18,23H,7-10,13H2,1-2H3,(H2,30,32,33)(H,31,35,36). The van der Waals surface area contributed by atoms with Crippen LogP contribution in [0.15, 0.2) is 49.1 Å². The van der Waals surface area contributed by atoms with Crippen LogP contribution in [-0.4, -0.2) is 67.9 Å². The van der Waals surface area contributed by atoms with Crippen molar-refractivity contribution in [2.75, 3.05) is 43.3 Å². The first-order chi connectivity index (χ1) is 20.0. The van der Waals surface area contributed by atoms with Crippen LogP contribution in [0.3, 0.4) is 0 Å². The molecule has 13 heteroatoms. The minimum atomic E-state index is -0.108. The SMILES string of the molecule is COc1cc2nc(-c3ccc(Cl)cc3)nc(NCCSCC3CCC(n4cnc5c(N)ncnc54)O3)c2cc1OC. The molecular weight excluding hydrogens is 564 g/mol. The Labute approximate surface area is 245 Å². The summed E-state index contributed by atoms with van der Waals surface area (Å²) in [6.45, 7) is 0.712. The van der Waals surface area contributed by atoms with Gasteiger partial charge in [-0.15, -0.1) is 0 Å². The Bertz CT molecular complexity index is 1680. The van der Waals surface area contributed by atoms with Crippen LogP contribution in [0, 0.1) is 0 Å². The van der Waals surface area contributed by atoms with Gasteiger partial charge in [0.15, 0.2) is 28.8 Å². The van der Waals surface area contributed by atoms with Crippen LogP contribution in [-0.2, 0) is 4.74 Å². The Morgan fingerprint density at radius 3 is 2.68 bits per heavy atom. The number of hydrogen-bond donors (Lipinski definition) is 2. The topological polar surface area (TPSA) is 135 Å². The fourth-order valence-corrected chi connectivity index (χ4v) is 5.92. The molecule has 0 amide bonds. The van der Waals surface area contributed by atoms with E-state index < -0.39 is 0 Å². The van der Waals surface area contributed by atoms with Crippen molar-refractivity contribution in [1.29, 1.82) is 0 Å². The van der Waals surface area contributed by atoms with Crippen LogP contribution >= 0.6 is 23.4 Å². The summed E-state index contributed by atoms with van der Waals surface area (Å²) >= 11 is 7.93. The van der Waals surface area contributed by atoms with Gasteiger partial charge in [0.2, 0.25) is 0 Å². The number of nitrogen functional groups attached to an aromatic ring is 1. The van der Waals surface area contributed by atoms with E-state index >= 15 is 0 Å². The molecule has 6 rings (SSSR count). The number of halogens is 1. The molecule has 2 unspecified atom stereocenters. The molecule has 3 N–H and O–H groups in total. The fourth-order valence-electron chi connectivity index (χ4n) is 4.87. The number of methoxy groups -OCH3 is 2. The molecule has 0 radical (unpaired) electrons. The summed E-state index contributed by atoms with van der Waals surface area (Å²) in [6, 6.07) is 11.3. The normalized spacial score (nSPS) is 16.9. The molecule has 212 valence electrons. The van der Waals surface area contributed by atoms with Gasteiger partial charge in [0.25, 0.3) is 0 Å². The number of thioether (sulfide) groups is 1. The second-order valence-electron chi connectivity index (χ2n) is 9.50. The Kier molecular flexibility index (Phi) is 7.95. The van der Waals surface area contributed by atoms with Gasteiger partial charge in [-0.1, -0.05) is 11.6 Å². The van der Waals surface area contributed by atoms with Crippen molar-refractivity contribution in [2.45, 2.75) is 25.2 Å². The molecule has 1 fully saturated rings. The number of ether oxygens (including phenoxy) is 3. The highest BCUT2D eigenvalue weighted by Crippen LogP contribution is 2.36. The smallest absolute Gasteiger partial charge is 0.167 e. The van der Waals surface area contributed by atoms with E-state index in [2.05, 4.69) is 20.3 Å². The molecule has 1 aliphatic heterocycles. The second-order valence-corrected chi connectivity index (χ2v) is 11.1. The zero-order valence-electron chi connectivity index (χ0n) is 22.6. The number of anilines is 2. The molecule has 4 heterocycles. The molecule has 0 aliphatic carbocycles. The number of imidazole rings is 1. The van der Waals surface area contributed by atoms with Crippen molar-refractivity contribution in [3.05, 3.63) is 54.1 Å². The van der Waals surface area contributed by atoms with Gasteiger partial charge in [0.1, 0.15) is 23.9 Å². The van der Waals surface area contributed by atoms with Crippen LogP contribution in [0.5, 0.6) is 11.5 Å². The minimum absolute atomic E-state index is 0.108. The monoisotopic (exact) mass is 592 g/mol. The van der Waals surface area contributed by atoms with E-state index in [1.165, 1.54) is 6.33 Å². The molecule has 5 aromatic rings. The van der Waals surface area contributed by atoms with Crippen LogP contribution in [0.1, 0.15) is 19.1 Å². The molecule has 2 aromatic carbocycles. The van der Waals surface area contributed by atoms with Crippen molar-refractivity contribution < 1.29 is 14.2 Å². The predicted molar refractivity (Wildman–Crippen MR) is 162 cm³/mol. The third kappa shape index (κ3) is 5.67. The predicted octanol–water partition coefficient (Wildman–Crippen LogP) is 5.21. The molecule has 0 bridgehead atoms. The van der Waals surface area contributed by atoms with Gasteiger partial charge in [0.05, 0.1) is 32.2 Å². The molecule has 3 aromatic heterocycles. The quantitative estimate of drug-likeness (QED) is 0.207. The maximum atomic E-state index is 6.32. The highest BCUT2D eigenvalue weighted by Gasteiger charge is 2.28. The van der Waals surface area contributed by atoms with Crippen LogP contribution in [0.4, 0.5) is 11.6 Å². The third-order valence-corrected chi connectivity index (χ3v) is 8.28. The zero-order valence-corrected chi connectivity index (χ0v) is 24.2. The molecule has 0 spiro atoms. The van der Waals surface area contributed by atoms with Crippen LogP contribution < -0.4 is 20.5 Å². The van der Waals surface area contributed by atoms with Gasteiger partial charge in [-0.2, -0.15) is 11.8 Å². The maximum absolute atomic E-state index is 6.32. The summed E-state index contributed by atoms with van der Waals surface area (Å²) in [5.41, 5.74) is 8.86. The van der Waals surface area contributed by atoms with Crippen molar-refractivity contribution in [2.24, 2.45) is 0 Å². The Morgan fingerprint density at radius 2 is 1.88 bits per heavy atom. The highest BCUT2D eigenvalue weighted by molar-refractivity contribution is 7.99. The van der Waals surface area contributed by atoms with Gasteiger partial charge in [-0.25, -0.2) is 24.9 Å². The first kappa shape index (κ1) is 27.3. The number of nitrogens with one attached hydrogen (secondary N) is 1. The molecule has 41 heavy (non-hydrogen) atoms. The van der Waals surface area contributed by atoms with Crippen LogP contribution in [0.2, 0.25) is 5.02 Å². The lowest BCUT2D eigenvalue weighted by molar-refractivity contribution is 0.0153. The number of nitrogens with zero attached hydrogens (tertiary/aromatic N) is 6. The van der Waals surface area contributed by atoms with E-state index in [0.717, 1.165) is 46.6 Å². The van der Waals surface area contributed by atoms with E-state index in [-0.39, 0.29) is 12.3 Å². The summed E-state index contributed by atoms with van der Waals surface area (Å²) < 4.78 is 19.3. The summed E-state index contributed by atoms with van der Waals surface area (Å²) in [7, 11) is 3.23. The van der Waals surface area contributed by atoms with Crippen molar-refractivity contribution in [3.63, 3.8) is 0 Å². The molecule has 1 aliphatic rings. The van der Waals surface area contributed by atoms with Crippen molar-refractivity contribution in [3.8, 4) is 22.9 Å². The first-order valence-corrected chi connectivity index (χ1v) is 14.7. The summed E-state index contributed by atoms with van der Waals surface area (Å²) in [5.74, 6) is 4.68. The largest absolute Gasteiger partial charge is 0.493 e. The molecule has 2 atom stereocenters. The number of nitrogens with two attached hydrogens (primary N) is 1. The minimum Gasteiger partial charge on any atom is -0.493 e. The van der Waals surface area contributed by atoms with Gasteiger partial charge < -0.3 is 25.3 Å². The van der Waals surface area contributed by atoms with Gasteiger partial charge in [0, 0.05) is 40.1 Å². The van der Waals surface area contributed by atoms with Crippen molar-refractivity contribution >= 4 is 57.1 Å². The first-order valence-electron chi connectivity index (χ1n) is 13.1. The maximum Gasteiger partial charge on any atom is 0.167 e. The number of aromatic nitrogens is 6. The van der Waals surface area contributed by atoms with Gasteiger partial charge >= 0.3 is 0 Å². The molecular formula is C28H29ClN8O3S. The molecule has 0 saturated carbocycles. The zero-order chi connectivity index (χ0) is 28.3. The Morgan fingerprint density at radius 1 is 1.07 bits per heavy atom. The van der Waals surface area contributed by atoms with E-state index in [9.17, 15) is 0 Å². The Balaban J connectivity index is 1.11. The van der Waals surface area contributed by atoms with E-state index in [1.807, 2.05) is 52.7 Å². The van der Waals surface area contributed by atoms with E-state index in [4.69, 9.17) is 41.5 Å². The fraction of sp³-hybridized carbons (Fsp3) is 0.321. The lowest BCUT2D eigenvalue weighted by Gasteiger charge is -2.16. The van der Waals surface area contributed by atoms with Crippen LogP contribution in [0.25, 0.3) is 33.5 Å². The number of fused-ring (bicyclic) bond motifs is 2. The second kappa shape index (κ2) is 11.9. The molecule has 11 nitrogen and oxygen atoms in total. The lowest BCUT2D eigenvalue weighted by atomic mass is 10.1. The van der Waals surface area contributed by atoms with Crippen molar-refractivity contribution in [1.82, 2.24) is 29.5 Å². The highest BCUT2D eigenvalue weighted by atomic mass is 35.5. The van der Waals surface area contributed by atoms with Gasteiger partial charge in [-0.3, -0.25) is 4.57 Å². The summed E-state index contributed by atoms with van der Waals surface area (Å²) in [4.78, 5) is 22.4. The van der Waals surface area contributed by atoms with E-state index in [0.29, 0.717) is 45.9 Å². The number of rotatable bonds is 10. The van der Waals surface area contributed by atoms with E-state index in [1.54, 1.807) is 20.5 Å². The number of benzene rings is 2. The van der Waals surface area contributed by atoms with Gasteiger partial charge in [-0.05, 0) is 43.2 Å². The summed E-state index contributed by atoms with van der Waals surface area (Å²) in [5, 5.41) is 5.02. The average Bonchev–Trinajstić information content (AvgIpc) is 3.64. The third-order valence-electron chi connectivity index (χ3n) is 6.93.